The predicted octanol–water partition coefficient (Wildman–Crippen LogP) is 1.83. The predicted molar refractivity (Wildman–Crippen MR) is 52.9 cm³/mol. The quantitative estimate of drug-likeness (QED) is 0.739. The molecule has 1 heterocycles. The van der Waals surface area contributed by atoms with Gasteiger partial charge in [0.2, 0.25) is 0 Å². The van der Waals surface area contributed by atoms with Crippen molar-refractivity contribution in [2.75, 3.05) is 0 Å². The molecule has 0 unspecified atom stereocenters. The molecule has 4 atom stereocenters. The zero-order valence-corrected chi connectivity index (χ0v) is 9.25. The lowest BCUT2D eigenvalue weighted by Gasteiger charge is -2.29. The molecule has 0 aromatic rings. The van der Waals surface area contributed by atoms with Crippen LogP contribution in [0.25, 0.3) is 0 Å². The maximum Gasteiger partial charge on any atom is 0.166 e. The summed E-state index contributed by atoms with van der Waals surface area (Å²) in [5.41, 5.74) is -0.655. The molecule has 0 radical (unpaired) electrons. The average molecular weight is 200 g/mol. The van der Waals surface area contributed by atoms with E-state index in [1.54, 1.807) is 0 Å². The molecule has 1 N–H and O–H groups in total. The molecule has 2 rings (SSSR count). The number of fused-ring (bicyclic) bond motifs is 1. The molecule has 3 heteroatoms. The van der Waals surface area contributed by atoms with Crippen LogP contribution in [0.15, 0.2) is 0 Å². The third kappa shape index (κ3) is 1.38. The van der Waals surface area contributed by atoms with Gasteiger partial charge < -0.3 is 14.6 Å². The molecule has 0 bridgehead atoms. The second-order valence-corrected chi connectivity index (χ2v) is 4.68. The first-order chi connectivity index (χ1) is 6.53. The summed E-state index contributed by atoms with van der Waals surface area (Å²) in [5, 5.41) is 10.3. The Hall–Kier alpha value is -0.120. The van der Waals surface area contributed by atoms with E-state index in [1.807, 2.05) is 20.8 Å². The van der Waals surface area contributed by atoms with Gasteiger partial charge in [-0.25, -0.2) is 0 Å². The van der Waals surface area contributed by atoms with Gasteiger partial charge in [-0.1, -0.05) is 13.8 Å². The van der Waals surface area contributed by atoms with Crippen molar-refractivity contribution in [2.24, 2.45) is 0 Å². The van der Waals surface area contributed by atoms with E-state index < -0.39 is 11.4 Å². The fraction of sp³-hybridized carbons (Fsp3) is 1.00. The minimum atomic E-state index is -0.655. The normalized spacial score (nSPS) is 52.3. The van der Waals surface area contributed by atoms with E-state index in [4.69, 9.17) is 9.47 Å². The summed E-state index contributed by atoms with van der Waals surface area (Å²) in [6.45, 7) is 6.01. The first kappa shape index (κ1) is 10.4. The molecule has 3 nitrogen and oxygen atoms in total. The van der Waals surface area contributed by atoms with Crippen LogP contribution in [0.3, 0.4) is 0 Å². The Labute approximate surface area is 85.4 Å². The van der Waals surface area contributed by atoms with Crippen molar-refractivity contribution in [3.63, 3.8) is 0 Å². The second kappa shape index (κ2) is 3.19. The summed E-state index contributed by atoms with van der Waals surface area (Å²) in [5.74, 6) is -0.473. The van der Waals surface area contributed by atoms with Crippen LogP contribution in [-0.4, -0.2) is 28.7 Å². The Bertz CT molecular complexity index is 231. The zero-order chi connectivity index (χ0) is 10.4. The second-order valence-electron chi connectivity index (χ2n) is 4.68. The Kier molecular flexibility index (Phi) is 2.37. The van der Waals surface area contributed by atoms with Crippen molar-refractivity contribution in [1.29, 1.82) is 0 Å². The molecular formula is C11H20O3. The van der Waals surface area contributed by atoms with Crippen LogP contribution in [0, 0.1) is 0 Å². The Morgan fingerprint density at radius 1 is 1.29 bits per heavy atom. The van der Waals surface area contributed by atoms with Crippen molar-refractivity contribution < 1.29 is 14.6 Å². The molecule has 0 spiro atoms. The third-order valence-electron chi connectivity index (χ3n) is 3.76. The van der Waals surface area contributed by atoms with Crippen LogP contribution in [0.2, 0.25) is 0 Å². The molecule has 2 aliphatic rings. The smallest absolute Gasteiger partial charge is 0.166 e. The summed E-state index contributed by atoms with van der Waals surface area (Å²) in [6.07, 6.45) is 3.29. The minimum Gasteiger partial charge on any atom is -0.387 e. The largest absolute Gasteiger partial charge is 0.387 e. The fourth-order valence-corrected chi connectivity index (χ4v) is 2.50. The summed E-state index contributed by atoms with van der Waals surface area (Å²) < 4.78 is 11.7. The highest BCUT2D eigenvalue weighted by atomic mass is 16.8. The van der Waals surface area contributed by atoms with Crippen molar-refractivity contribution in [3.05, 3.63) is 0 Å². The monoisotopic (exact) mass is 200 g/mol. The van der Waals surface area contributed by atoms with Gasteiger partial charge in [-0.15, -0.1) is 0 Å². The van der Waals surface area contributed by atoms with E-state index in [-0.39, 0.29) is 12.2 Å². The van der Waals surface area contributed by atoms with Gasteiger partial charge in [0.1, 0.15) is 6.10 Å². The maximum atomic E-state index is 10.3. The van der Waals surface area contributed by atoms with E-state index in [0.717, 1.165) is 25.7 Å². The van der Waals surface area contributed by atoms with Crippen LogP contribution in [0.4, 0.5) is 0 Å². The molecule has 1 saturated carbocycles. The van der Waals surface area contributed by atoms with Gasteiger partial charge in [0.05, 0.1) is 11.7 Å². The molecule has 82 valence electrons. The van der Waals surface area contributed by atoms with E-state index in [9.17, 15) is 5.11 Å². The molecular weight excluding hydrogens is 180 g/mol. The van der Waals surface area contributed by atoms with Crippen LogP contribution in [0.1, 0.15) is 46.5 Å². The lowest BCUT2D eigenvalue weighted by molar-refractivity contribution is -0.191. The topological polar surface area (TPSA) is 38.7 Å². The van der Waals surface area contributed by atoms with E-state index in [1.165, 1.54) is 0 Å². The molecule has 0 aromatic carbocycles. The number of rotatable bonds is 2. The van der Waals surface area contributed by atoms with Gasteiger partial charge in [0.15, 0.2) is 5.79 Å². The zero-order valence-electron chi connectivity index (χ0n) is 9.25. The molecule has 0 aromatic heterocycles. The van der Waals surface area contributed by atoms with Gasteiger partial charge in [-0.05, 0) is 32.6 Å². The summed E-state index contributed by atoms with van der Waals surface area (Å²) in [6, 6.07) is 0. The van der Waals surface area contributed by atoms with Gasteiger partial charge in [0.25, 0.3) is 0 Å². The first-order valence-corrected chi connectivity index (χ1v) is 5.61. The third-order valence-corrected chi connectivity index (χ3v) is 3.76. The standard InChI is InChI=1S/C11H20O3/c1-4-10(3)13-8-6-7-11(12,5-2)9(8)14-10/h8-9,12H,4-7H2,1-3H3/t8-,9-,10-,11-/m0/s1. The fourth-order valence-electron chi connectivity index (χ4n) is 2.50. The van der Waals surface area contributed by atoms with Crippen molar-refractivity contribution >= 4 is 0 Å². The Morgan fingerprint density at radius 2 is 2.00 bits per heavy atom. The van der Waals surface area contributed by atoms with Gasteiger partial charge >= 0.3 is 0 Å². The molecule has 0 amide bonds. The van der Waals surface area contributed by atoms with Crippen LogP contribution < -0.4 is 0 Å². The van der Waals surface area contributed by atoms with Crippen molar-refractivity contribution in [2.45, 2.75) is 70.1 Å². The lowest BCUT2D eigenvalue weighted by Crippen LogP contribution is -2.41. The molecule has 1 saturated heterocycles. The first-order valence-electron chi connectivity index (χ1n) is 5.61. The average Bonchev–Trinajstić information content (AvgIpc) is 2.66. The van der Waals surface area contributed by atoms with E-state index in [2.05, 4.69) is 0 Å². The van der Waals surface area contributed by atoms with E-state index >= 15 is 0 Å². The number of aliphatic hydroxyl groups is 1. The highest BCUT2D eigenvalue weighted by molar-refractivity contribution is 5.03. The summed E-state index contributed by atoms with van der Waals surface area (Å²) in [7, 11) is 0. The van der Waals surface area contributed by atoms with Crippen LogP contribution in [0.5, 0.6) is 0 Å². The van der Waals surface area contributed by atoms with E-state index in [0.29, 0.717) is 0 Å². The van der Waals surface area contributed by atoms with Crippen molar-refractivity contribution in [3.8, 4) is 0 Å². The molecule has 1 aliphatic carbocycles. The van der Waals surface area contributed by atoms with Gasteiger partial charge in [0, 0.05) is 0 Å². The molecule has 1 aliphatic heterocycles. The summed E-state index contributed by atoms with van der Waals surface area (Å²) >= 11 is 0. The number of ether oxygens (including phenoxy) is 2. The van der Waals surface area contributed by atoms with Crippen LogP contribution >= 0.6 is 0 Å². The van der Waals surface area contributed by atoms with Crippen molar-refractivity contribution in [1.82, 2.24) is 0 Å². The lowest BCUT2D eigenvalue weighted by atomic mass is 9.96. The number of hydrogen-bond donors (Lipinski definition) is 1. The number of hydrogen-bond acceptors (Lipinski definition) is 3. The highest BCUT2D eigenvalue weighted by Crippen LogP contribution is 2.46. The molecule has 2 fully saturated rings. The Balaban J connectivity index is 2.14. The highest BCUT2D eigenvalue weighted by Gasteiger charge is 2.56. The van der Waals surface area contributed by atoms with Crippen LogP contribution in [-0.2, 0) is 9.47 Å². The molecule has 14 heavy (non-hydrogen) atoms. The maximum absolute atomic E-state index is 10.3. The SMILES string of the molecule is CC[C@@]1(C)O[C@H]2CC[C@@](O)(CC)[C@H]2O1. The summed E-state index contributed by atoms with van der Waals surface area (Å²) in [4.78, 5) is 0. The van der Waals surface area contributed by atoms with Gasteiger partial charge in [-0.2, -0.15) is 0 Å². The minimum absolute atomic E-state index is 0.102. The van der Waals surface area contributed by atoms with Gasteiger partial charge in [-0.3, -0.25) is 0 Å². The Morgan fingerprint density at radius 3 is 2.57 bits per heavy atom.